The highest BCUT2D eigenvalue weighted by Gasteiger charge is 2.10. The number of hydrogen-bond acceptors (Lipinski definition) is 4. The largest absolute Gasteiger partial charge is 0.370 e. The maximum Gasteiger partial charge on any atom is 0.131 e. The van der Waals surface area contributed by atoms with E-state index in [4.69, 9.17) is 17.0 Å². The van der Waals surface area contributed by atoms with Gasteiger partial charge in [-0.05, 0) is 5.56 Å². The first-order chi connectivity index (χ1) is 8.34. The molecule has 0 unspecified atom stereocenters. The van der Waals surface area contributed by atoms with Crippen LogP contribution in [0.15, 0.2) is 35.3 Å². The summed E-state index contributed by atoms with van der Waals surface area (Å²) < 4.78 is 6.61. The van der Waals surface area contributed by atoms with E-state index < -0.39 is 0 Å². The van der Waals surface area contributed by atoms with Crippen LogP contribution in [0.5, 0.6) is 0 Å². The Labute approximate surface area is 115 Å². The van der Waals surface area contributed by atoms with Crippen molar-refractivity contribution in [1.82, 2.24) is 0 Å². The highest BCUT2D eigenvalue weighted by molar-refractivity contribution is 8.41. The van der Waals surface area contributed by atoms with E-state index in [1.54, 1.807) is 23.5 Å². The van der Waals surface area contributed by atoms with Crippen LogP contribution in [0.3, 0.4) is 0 Å². The van der Waals surface area contributed by atoms with Crippen LogP contribution in [-0.2, 0) is 11.3 Å². The fourth-order valence-electron chi connectivity index (χ4n) is 1.33. The molecule has 0 atom stereocenters. The van der Waals surface area contributed by atoms with E-state index in [9.17, 15) is 0 Å². The molecule has 1 aromatic rings. The fraction of sp³-hybridized carbons (Fsp3) is 0.333. The Hall–Kier alpha value is -0.360. The Morgan fingerprint density at radius 3 is 2.65 bits per heavy atom. The minimum Gasteiger partial charge on any atom is -0.370 e. The lowest BCUT2D eigenvalue weighted by molar-refractivity contribution is 0.159. The molecule has 1 aliphatic rings. The molecule has 5 heteroatoms. The lowest BCUT2D eigenvalue weighted by Gasteiger charge is -2.03. The van der Waals surface area contributed by atoms with Gasteiger partial charge in [0.15, 0.2) is 0 Å². The monoisotopic (exact) mass is 283 g/mol. The normalized spacial score (nSPS) is 14.9. The van der Waals surface area contributed by atoms with E-state index in [0.29, 0.717) is 18.2 Å². The van der Waals surface area contributed by atoms with Gasteiger partial charge >= 0.3 is 0 Å². The predicted molar refractivity (Wildman–Crippen MR) is 81.0 cm³/mol. The number of thiocarbonyl (C=S) groups is 1. The zero-order valence-corrected chi connectivity index (χ0v) is 11.7. The van der Waals surface area contributed by atoms with E-state index in [2.05, 4.69) is 4.99 Å². The van der Waals surface area contributed by atoms with E-state index >= 15 is 0 Å². The van der Waals surface area contributed by atoms with Gasteiger partial charge in [-0.3, -0.25) is 0 Å². The molecule has 1 fully saturated rings. The second-order valence-corrected chi connectivity index (χ2v) is 6.34. The highest BCUT2D eigenvalue weighted by Crippen LogP contribution is 2.25. The molecule has 1 saturated heterocycles. The second-order valence-electron chi connectivity index (χ2n) is 3.45. The Kier molecular flexibility index (Phi) is 5.51. The first-order valence-electron chi connectivity index (χ1n) is 5.33. The molecule has 90 valence electrons. The summed E-state index contributed by atoms with van der Waals surface area (Å²) in [5.74, 6) is 2.27. The Bertz CT molecular complexity index is 397. The van der Waals surface area contributed by atoms with E-state index in [1.807, 2.05) is 30.3 Å². The van der Waals surface area contributed by atoms with E-state index in [1.165, 1.54) is 0 Å². The molecular formula is C12H13NOS3. The molecule has 17 heavy (non-hydrogen) atoms. The average Bonchev–Trinajstić information content (AvgIpc) is 2.83. The number of rotatable bonds is 4. The smallest absolute Gasteiger partial charge is 0.131 e. The van der Waals surface area contributed by atoms with Crippen LogP contribution in [0, 0.1) is 0 Å². The van der Waals surface area contributed by atoms with Crippen molar-refractivity contribution in [3.05, 3.63) is 35.9 Å². The number of aliphatic imine (C=N–C) groups is 1. The maximum absolute atomic E-state index is 5.52. The van der Waals surface area contributed by atoms with Gasteiger partial charge in [-0.25, -0.2) is 4.99 Å². The molecule has 2 rings (SSSR count). The third-order valence-corrected chi connectivity index (χ3v) is 4.76. The standard InChI is InChI=1S/C12H13NOS3/c15-11(13-12-16-6-7-17-12)9-14-8-10-4-2-1-3-5-10/h1-5H,6-9H2. The molecule has 0 spiro atoms. The topological polar surface area (TPSA) is 21.6 Å². The fourth-order valence-corrected chi connectivity index (χ4v) is 3.82. The SMILES string of the molecule is S=C(COCc1ccccc1)N=C1SCCS1. The molecule has 0 radical (unpaired) electrons. The van der Waals surface area contributed by atoms with Gasteiger partial charge in [-0.2, -0.15) is 0 Å². The van der Waals surface area contributed by atoms with Gasteiger partial charge < -0.3 is 4.74 Å². The third-order valence-electron chi connectivity index (χ3n) is 2.09. The summed E-state index contributed by atoms with van der Waals surface area (Å²) in [6.07, 6.45) is 0. The first-order valence-corrected chi connectivity index (χ1v) is 7.71. The van der Waals surface area contributed by atoms with Crippen molar-refractivity contribution in [2.24, 2.45) is 4.99 Å². The quantitative estimate of drug-likeness (QED) is 0.790. The summed E-state index contributed by atoms with van der Waals surface area (Å²) in [6.45, 7) is 1.01. The molecule has 0 bridgehead atoms. The van der Waals surface area contributed by atoms with Gasteiger partial charge in [0, 0.05) is 11.5 Å². The Balaban J connectivity index is 1.71. The van der Waals surface area contributed by atoms with E-state index in [-0.39, 0.29) is 0 Å². The average molecular weight is 283 g/mol. The van der Waals surface area contributed by atoms with Crippen LogP contribution >= 0.6 is 35.7 Å². The Morgan fingerprint density at radius 2 is 1.94 bits per heavy atom. The summed E-state index contributed by atoms with van der Waals surface area (Å²) in [5.41, 5.74) is 1.16. The van der Waals surface area contributed by atoms with Crippen molar-refractivity contribution in [2.45, 2.75) is 6.61 Å². The molecular weight excluding hydrogens is 270 g/mol. The lowest BCUT2D eigenvalue weighted by atomic mass is 10.2. The van der Waals surface area contributed by atoms with Gasteiger partial charge in [0.05, 0.1) is 13.2 Å². The van der Waals surface area contributed by atoms with E-state index in [0.717, 1.165) is 21.4 Å². The number of thioether (sulfide) groups is 2. The summed E-state index contributed by atoms with van der Waals surface area (Å²) >= 11 is 8.71. The van der Waals surface area contributed by atoms with Crippen molar-refractivity contribution in [3.8, 4) is 0 Å². The van der Waals surface area contributed by atoms with Gasteiger partial charge in [0.2, 0.25) is 0 Å². The van der Waals surface area contributed by atoms with Crippen molar-refractivity contribution in [3.63, 3.8) is 0 Å². The molecule has 1 aromatic carbocycles. The molecule has 0 aliphatic carbocycles. The van der Waals surface area contributed by atoms with Crippen LogP contribution < -0.4 is 0 Å². The minimum absolute atomic E-state index is 0.425. The van der Waals surface area contributed by atoms with Gasteiger partial charge in [-0.15, -0.1) is 0 Å². The zero-order valence-electron chi connectivity index (χ0n) is 9.30. The van der Waals surface area contributed by atoms with Crippen molar-refractivity contribution in [2.75, 3.05) is 18.1 Å². The first kappa shape index (κ1) is 13.1. The summed E-state index contributed by atoms with van der Waals surface area (Å²) in [7, 11) is 0. The van der Waals surface area contributed by atoms with Crippen molar-refractivity contribution >= 4 is 45.1 Å². The highest BCUT2D eigenvalue weighted by atomic mass is 32.2. The molecule has 2 nitrogen and oxygen atoms in total. The minimum atomic E-state index is 0.425. The van der Waals surface area contributed by atoms with Crippen LogP contribution in [0.2, 0.25) is 0 Å². The van der Waals surface area contributed by atoms with Gasteiger partial charge in [-0.1, -0.05) is 66.1 Å². The number of ether oxygens (including phenoxy) is 1. The molecule has 0 aromatic heterocycles. The molecule has 1 aliphatic heterocycles. The van der Waals surface area contributed by atoms with Crippen molar-refractivity contribution in [1.29, 1.82) is 0 Å². The summed E-state index contributed by atoms with van der Waals surface area (Å²) in [6, 6.07) is 10.1. The van der Waals surface area contributed by atoms with Crippen LogP contribution in [0.4, 0.5) is 0 Å². The van der Waals surface area contributed by atoms with Crippen LogP contribution in [0.25, 0.3) is 0 Å². The van der Waals surface area contributed by atoms with Gasteiger partial charge in [0.25, 0.3) is 0 Å². The Morgan fingerprint density at radius 1 is 1.24 bits per heavy atom. The summed E-state index contributed by atoms with van der Waals surface area (Å²) in [5, 5.41) is 0. The summed E-state index contributed by atoms with van der Waals surface area (Å²) in [4.78, 5) is 4.99. The zero-order chi connectivity index (χ0) is 11.9. The molecule has 0 saturated carbocycles. The predicted octanol–water partition coefficient (Wildman–Crippen LogP) is 3.37. The van der Waals surface area contributed by atoms with Crippen molar-refractivity contribution < 1.29 is 4.74 Å². The van der Waals surface area contributed by atoms with Crippen LogP contribution in [0.1, 0.15) is 5.56 Å². The van der Waals surface area contributed by atoms with Crippen LogP contribution in [-0.4, -0.2) is 27.5 Å². The number of benzene rings is 1. The third kappa shape index (κ3) is 4.79. The number of hydrogen-bond donors (Lipinski definition) is 0. The molecule has 1 heterocycles. The maximum atomic E-state index is 5.52. The molecule has 0 amide bonds. The molecule has 0 N–H and O–H groups in total. The van der Waals surface area contributed by atoms with Gasteiger partial charge in [0.1, 0.15) is 9.36 Å². The number of nitrogens with zero attached hydrogens (tertiary/aromatic N) is 1. The lowest BCUT2D eigenvalue weighted by Crippen LogP contribution is -2.04. The second kappa shape index (κ2) is 7.16.